The maximum Gasteiger partial charge on any atom is 0.0640 e. The van der Waals surface area contributed by atoms with Gasteiger partial charge in [-0.25, -0.2) is 0 Å². The largest absolute Gasteiger partial charge is 0.381 e. The zero-order chi connectivity index (χ0) is 20.8. The molecular weight excluding hydrogens is 372 g/mol. The van der Waals surface area contributed by atoms with Gasteiger partial charge in [-0.3, -0.25) is 4.90 Å². The van der Waals surface area contributed by atoms with Gasteiger partial charge in [0, 0.05) is 52.1 Å². The van der Waals surface area contributed by atoms with E-state index in [1.165, 1.54) is 69.7 Å². The summed E-state index contributed by atoms with van der Waals surface area (Å²) in [6.07, 6.45) is 5.94. The molecule has 30 heavy (non-hydrogen) atoms. The van der Waals surface area contributed by atoms with Crippen LogP contribution in [0, 0.1) is 29.1 Å². The highest BCUT2D eigenvalue weighted by Crippen LogP contribution is 2.52. The SMILES string of the molecule is CN(CCC#N)c1ccc(CN2C[C@@H]3[C@H](COCCCN4CCCCC4)[C@@H]3C2)cc1. The Morgan fingerprint density at radius 3 is 2.50 bits per heavy atom. The highest BCUT2D eigenvalue weighted by Gasteiger charge is 2.55. The fourth-order valence-corrected chi connectivity index (χ4v) is 5.37. The first-order valence-corrected chi connectivity index (χ1v) is 11.9. The summed E-state index contributed by atoms with van der Waals surface area (Å²) in [6, 6.07) is 11.1. The van der Waals surface area contributed by atoms with E-state index in [4.69, 9.17) is 10.00 Å². The standard InChI is InChI=1S/C25H38N4O/c1-27(12-5-11-26)22-9-7-21(8-10-22)17-29-18-23-24(19-29)25(23)20-30-16-6-15-28-13-3-2-4-14-28/h7-10,23-25H,2-6,12-20H2,1H3/t23-,24+,25-. The van der Waals surface area contributed by atoms with Gasteiger partial charge in [-0.2, -0.15) is 5.26 Å². The quantitative estimate of drug-likeness (QED) is 0.522. The van der Waals surface area contributed by atoms with Crippen LogP contribution in [0.1, 0.15) is 37.7 Å². The average molecular weight is 411 g/mol. The Morgan fingerprint density at radius 1 is 1.07 bits per heavy atom. The molecule has 0 amide bonds. The monoisotopic (exact) mass is 410 g/mol. The molecule has 1 aromatic rings. The normalized spacial score (nSPS) is 26.3. The summed E-state index contributed by atoms with van der Waals surface area (Å²) >= 11 is 0. The number of nitriles is 1. The molecule has 2 aliphatic heterocycles. The molecule has 0 unspecified atom stereocenters. The summed E-state index contributed by atoms with van der Waals surface area (Å²) in [7, 11) is 2.05. The molecular formula is C25H38N4O. The van der Waals surface area contributed by atoms with Crippen LogP contribution in [0.4, 0.5) is 5.69 Å². The molecule has 0 N–H and O–H groups in total. The van der Waals surface area contributed by atoms with E-state index in [1.807, 2.05) is 0 Å². The molecule has 164 valence electrons. The molecule has 3 aliphatic rings. The molecule has 3 atom stereocenters. The Morgan fingerprint density at radius 2 is 1.80 bits per heavy atom. The maximum absolute atomic E-state index is 8.74. The van der Waals surface area contributed by atoms with Gasteiger partial charge in [0.05, 0.1) is 19.1 Å². The molecule has 4 rings (SSSR count). The van der Waals surface area contributed by atoms with E-state index in [1.54, 1.807) is 0 Å². The Labute approximate surface area is 182 Å². The average Bonchev–Trinajstić information content (AvgIpc) is 3.23. The van der Waals surface area contributed by atoms with Crippen molar-refractivity contribution in [2.45, 2.75) is 38.6 Å². The van der Waals surface area contributed by atoms with Crippen LogP contribution >= 0.6 is 0 Å². The van der Waals surface area contributed by atoms with Crippen molar-refractivity contribution in [3.8, 4) is 6.07 Å². The lowest BCUT2D eigenvalue weighted by Crippen LogP contribution is -2.31. The summed E-state index contributed by atoms with van der Waals surface area (Å²) in [5, 5.41) is 8.74. The fourth-order valence-electron chi connectivity index (χ4n) is 5.37. The van der Waals surface area contributed by atoms with E-state index in [-0.39, 0.29) is 0 Å². The second-order valence-electron chi connectivity index (χ2n) is 9.51. The Kier molecular flexibility index (Phi) is 7.65. The minimum atomic E-state index is 0.568. The van der Waals surface area contributed by atoms with Gasteiger partial charge in [0.15, 0.2) is 0 Å². The second-order valence-corrected chi connectivity index (χ2v) is 9.51. The van der Waals surface area contributed by atoms with Gasteiger partial charge in [0.25, 0.3) is 0 Å². The van der Waals surface area contributed by atoms with Crippen LogP contribution in [0.25, 0.3) is 0 Å². The van der Waals surface area contributed by atoms with E-state index >= 15 is 0 Å². The third-order valence-electron chi connectivity index (χ3n) is 7.31. The number of hydrogen-bond acceptors (Lipinski definition) is 5. The molecule has 0 aromatic heterocycles. The molecule has 0 radical (unpaired) electrons. The molecule has 5 nitrogen and oxygen atoms in total. The van der Waals surface area contributed by atoms with Crippen LogP contribution in [-0.2, 0) is 11.3 Å². The lowest BCUT2D eigenvalue weighted by atomic mass is 10.1. The number of nitrogens with zero attached hydrogens (tertiary/aromatic N) is 4. The molecule has 2 saturated heterocycles. The minimum absolute atomic E-state index is 0.568. The van der Waals surface area contributed by atoms with Crippen molar-refractivity contribution in [3.05, 3.63) is 29.8 Å². The van der Waals surface area contributed by atoms with Gasteiger partial charge in [-0.1, -0.05) is 18.6 Å². The number of hydrogen-bond donors (Lipinski definition) is 0. The number of ether oxygens (including phenoxy) is 1. The van der Waals surface area contributed by atoms with Gasteiger partial charge >= 0.3 is 0 Å². The Bertz CT molecular complexity index is 682. The number of anilines is 1. The molecule has 1 aromatic carbocycles. The number of piperidine rings is 2. The van der Waals surface area contributed by atoms with Crippen LogP contribution in [0.5, 0.6) is 0 Å². The molecule has 1 aliphatic carbocycles. The third kappa shape index (κ3) is 5.75. The molecule has 1 saturated carbocycles. The molecule has 2 heterocycles. The Balaban J connectivity index is 1.09. The van der Waals surface area contributed by atoms with Crippen LogP contribution in [0.3, 0.4) is 0 Å². The van der Waals surface area contributed by atoms with Crippen molar-refractivity contribution < 1.29 is 4.74 Å². The highest BCUT2D eigenvalue weighted by molar-refractivity contribution is 5.46. The van der Waals surface area contributed by atoms with Crippen LogP contribution < -0.4 is 4.90 Å². The second kappa shape index (κ2) is 10.6. The van der Waals surface area contributed by atoms with Crippen molar-refractivity contribution in [1.29, 1.82) is 5.26 Å². The van der Waals surface area contributed by atoms with Crippen molar-refractivity contribution in [2.75, 3.05) is 64.4 Å². The summed E-state index contributed by atoms with van der Waals surface area (Å²) in [6.45, 7) is 10.0. The Hall–Kier alpha value is -1.61. The van der Waals surface area contributed by atoms with E-state index < -0.39 is 0 Å². The lowest BCUT2D eigenvalue weighted by Gasteiger charge is -2.26. The van der Waals surface area contributed by atoms with Crippen molar-refractivity contribution in [1.82, 2.24) is 9.80 Å². The van der Waals surface area contributed by atoms with Crippen molar-refractivity contribution >= 4 is 5.69 Å². The molecule has 5 heteroatoms. The van der Waals surface area contributed by atoms with Crippen LogP contribution in [0.15, 0.2) is 24.3 Å². The number of rotatable bonds is 11. The number of fused-ring (bicyclic) bond motifs is 1. The van der Waals surface area contributed by atoms with Gasteiger partial charge in [-0.15, -0.1) is 0 Å². The third-order valence-corrected chi connectivity index (χ3v) is 7.31. The first-order valence-electron chi connectivity index (χ1n) is 11.9. The van der Waals surface area contributed by atoms with E-state index in [2.05, 4.69) is 52.1 Å². The lowest BCUT2D eigenvalue weighted by molar-refractivity contribution is 0.0967. The fraction of sp³-hybridized carbons (Fsp3) is 0.720. The van der Waals surface area contributed by atoms with Crippen LogP contribution in [-0.4, -0.2) is 69.3 Å². The topological polar surface area (TPSA) is 42.7 Å². The molecule has 0 bridgehead atoms. The molecule has 0 spiro atoms. The first-order chi connectivity index (χ1) is 14.7. The predicted molar refractivity (Wildman–Crippen MR) is 121 cm³/mol. The van der Waals surface area contributed by atoms with E-state index in [0.717, 1.165) is 44.1 Å². The zero-order valence-electron chi connectivity index (χ0n) is 18.6. The van der Waals surface area contributed by atoms with Crippen molar-refractivity contribution in [3.63, 3.8) is 0 Å². The van der Waals surface area contributed by atoms with E-state index in [0.29, 0.717) is 6.42 Å². The maximum atomic E-state index is 8.74. The first kappa shape index (κ1) is 21.6. The van der Waals surface area contributed by atoms with Gasteiger partial charge in [0.2, 0.25) is 0 Å². The summed E-state index contributed by atoms with van der Waals surface area (Å²) < 4.78 is 6.03. The minimum Gasteiger partial charge on any atom is -0.381 e. The summed E-state index contributed by atoms with van der Waals surface area (Å²) in [5.41, 5.74) is 2.58. The van der Waals surface area contributed by atoms with Gasteiger partial charge < -0.3 is 14.5 Å². The predicted octanol–water partition coefficient (Wildman–Crippen LogP) is 3.61. The number of likely N-dealkylation sites (tertiary alicyclic amines) is 2. The summed E-state index contributed by atoms with van der Waals surface area (Å²) in [5.74, 6) is 2.54. The smallest absolute Gasteiger partial charge is 0.0640 e. The van der Waals surface area contributed by atoms with Gasteiger partial charge in [0.1, 0.15) is 0 Å². The zero-order valence-corrected chi connectivity index (χ0v) is 18.6. The highest BCUT2D eigenvalue weighted by atomic mass is 16.5. The summed E-state index contributed by atoms with van der Waals surface area (Å²) in [4.78, 5) is 7.36. The van der Waals surface area contributed by atoms with Crippen LogP contribution in [0.2, 0.25) is 0 Å². The molecule has 3 fully saturated rings. The van der Waals surface area contributed by atoms with Crippen molar-refractivity contribution in [2.24, 2.45) is 17.8 Å². The van der Waals surface area contributed by atoms with Gasteiger partial charge in [-0.05, 0) is 67.8 Å². The van der Waals surface area contributed by atoms with E-state index in [9.17, 15) is 0 Å². The number of benzene rings is 1.